The first kappa shape index (κ1) is 19.2. The highest BCUT2D eigenvalue weighted by atomic mass is 16.3. The summed E-state index contributed by atoms with van der Waals surface area (Å²) in [4.78, 5) is 4.43. The van der Waals surface area contributed by atoms with Gasteiger partial charge in [0.2, 0.25) is 11.4 Å². The summed E-state index contributed by atoms with van der Waals surface area (Å²) in [7, 11) is 2.12. The number of hydrogen-bond acceptors (Lipinski definition) is 2. The maximum absolute atomic E-state index is 6.24. The molecule has 1 saturated carbocycles. The first-order valence-electron chi connectivity index (χ1n) is 11.6. The molecule has 3 aromatic heterocycles. The van der Waals surface area contributed by atoms with E-state index < -0.39 is 0 Å². The summed E-state index contributed by atoms with van der Waals surface area (Å²) in [6.45, 7) is 2.15. The van der Waals surface area contributed by atoms with Crippen molar-refractivity contribution in [1.82, 2.24) is 4.98 Å². The van der Waals surface area contributed by atoms with Crippen molar-refractivity contribution in [2.24, 2.45) is 7.05 Å². The predicted octanol–water partition coefficient (Wildman–Crippen LogP) is 7.11. The van der Waals surface area contributed by atoms with Crippen molar-refractivity contribution in [3.05, 3.63) is 84.2 Å². The van der Waals surface area contributed by atoms with Gasteiger partial charge in [-0.1, -0.05) is 49.2 Å². The molecule has 3 heterocycles. The van der Waals surface area contributed by atoms with E-state index in [0.717, 1.165) is 33.5 Å². The molecule has 5 aromatic rings. The zero-order chi connectivity index (χ0) is 21.7. The molecule has 0 radical (unpaired) electrons. The third-order valence-corrected chi connectivity index (χ3v) is 7.06. The number of aromatic nitrogens is 2. The average Bonchev–Trinajstić information content (AvgIpc) is 3.48. The molecule has 0 spiro atoms. The van der Waals surface area contributed by atoms with E-state index in [1.54, 1.807) is 6.20 Å². The van der Waals surface area contributed by atoms with Crippen LogP contribution < -0.4 is 4.57 Å². The lowest BCUT2D eigenvalue weighted by atomic mass is 9.94. The second-order valence-corrected chi connectivity index (χ2v) is 9.11. The number of furan rings is 1. The summed E-state index contributed by atoms with van der Waals surface area (Å²) in [5, 5.41) is 2.17. The van der Waals surface area contributed by atoms with Gasteiger partial charge in [0.1, 0.15) is 7.05 Å². The number of pyridine rings is 2. The molecule has 3 nitrogen and oxygen atoms in total. The summed E-state index contributed by atoms with van der Waals surface area (Å²) in [5.41, 5.74) is 9.09. The van der Waals surface area contributed by atoms with Crippen LogP contribution in [0.25, 0.3) is 44.5 Å². The van der Waals surface area contributed by atoms with Crippen LogP contribution in [0.5, 0.6) is 0 Å². The summed E-state index contributed by atoms with van der Waals surface area (Å²) >= 11 is 0. The van der Waals surface area contributed by atoms with Gasteiger partial charge in [-0.3, -0.25) is 0 Å². The van der Waals surface area contributed by atoms with E-state index in [4.69, 9.17) is 4.42 Å². The Kier molecular flexibility index (Phi) is 4.57. The fraction of sp³-hybridized carbons (Fsp3) is 0.241. The number of benzene rings is 2. The lowest BCUT2D eigenvalue weighted by Crippen LogP contribution is -2.31. The number of hydrogen-bond donors (Lipinski definition) is 0. The Balaban J connectivity index is 1.46. The lowest BCUT2D eigenvalue weighted by molar-refractivity contribution is -0.659. The smallest absolute Gasteiger partial charge is 0.227 e. The Labute approximate surface area is 188 Å². The van der Waals surface area contributed by atoms with Gasteiger partial charge in [0.25, 0.3) is 0 Å². The normalized spacial score (nSPS) is 14.6. The minimum absolute atomic E-state index is 0.692. The molecule has 1 aliphatic carbocycles. The number of nitrogens with zero attached hydrogens (tertiary/aromatic N) is 2. The summed E-state index contributed by atoms with van der Waals surface area (Å²) in [6, 6.07) is 22.0. The van der Waals surface area contributed by atoms with Crippen LogP contribution in [0, 0.1) is 6.92 Å². The first-order valence-corrected chi connectivity index (χ1v) is 11.6. The molecule has 1 aliphatic rings. The monoisotopic (exact) mass is 419 g/mol. The molecule has 0 saturated heterocycles. The number of aryl methyl sites for hydroxylation is 2. The van der Waals surface area contributed by atoms with Crippen LogP contribution in [0.15, 0.2) is 77.5 Å². The molecule has 0 aliphatic heterocycles. The Bertz CT molecular complexity index is 1460. The summed E-state index contributed by atoms with van der Waals surface area (Å²) < 4.78 is 8.46. The van der Waals surface area contributed by atoms with Gasteiger partial charge in [-0.2, -0.15) is 0 Å². The summed E-state index contributed by atoms with van der Waals surface area (Å²) in [5.74, 6) is 0.727. The van der Waals surface area contributed by atoms with E-state index in [0.29, 0.717) is 5.71 Å². The molecular formula is C29H27N2O+. The molecule has 3 heteroatoms. The molecule has 6 rings (SSSR count). The van der Waals surface area contributed by atoms with Gasteiger partial charge in [0.05, 0.1) is 5.56 Å². The molecule has 0 bridgehead atoms. The Hall–Kier alpha value is -3.46. The van der Waals surface area contributed by atoms with Gasteiger partial charge in [0.15, 0.2) is 11.8 Å². The van der Waals surface area contributed by atoms with Crippen LogP contribution in [0.4, 0.5) is 0 Å². The van der Waals surface area contributed by atoms with Crippen molar-refractivity contribution in [3.63, 3.8) is 0 Å². The fourth-order valence-electron chi connectivity index (χ4n) is 5.36. The van der Waals surface area contributed by atoms with E-state index in [2.05, 4.69) is 84.3 Å². The predicted molar refractivity (Wildman–Crippen MR) is 130 cm³/mol. The highest BCUT2D eigenvalue weighted by molar-refractivity contribution is 6.08. The molecule has 0 unspecified atom stereocenters. The van der Waals surface area contributed by atoms with Gasteiger partial charge in [-0.05, 0) is 60.6 Å². The van der Waals surface area contributed by atoms with E-state index in [1.165, 1.54) is 47.9 Å². The Morgan fingerprint density at radius 3 is 2.62 bits per heavy atom. The molecule has 158 valence electrons. The van der Waals surface area contributed by atoms with E-state index in [1.807, 2.05) is 6.07 Å². The quantitative estimate of drug-likeness (QED) is 0.292. The van der Waals surface area contributed by atoms with Crippen LogP contribution >= 0.6 is 0 Å². The molecule has 32 heavy (non-hydrogen) atoms. The zero-order valence-electron chi connectivity index (χ0n) is 18.6. The highest BCUT2D eigenvalue weighted by Crippen LogP contribution is 2.37. The minimum atomic E-state index is 0.692. The molecule has 0 atom stereocenters. The van der Waals surface area contributed by atoms with Crippen LogP contribution in [-0.4, -0.2) is 4.98 Å². The molecule has 2 aromatic carbocycles. The van der Waals surface area contributed by atoms with Gasteiger partial charge < -0.3 is 4.42 Å². The third kappa shape index (κ3) is 3.12. The topological polar surface area (TPSA) is 29.9 Å². The van der Waals surface area contributed by atoms with Crippen molar-refractivity contribution in [2.75, 3.05) is 0 Å². The number of rotatable bonds is 3. The highest BCUT2D eigenvalue weighted by Gasteiger charge is 2.22. The van der Waals surface area contributed by atoms with Crippen molar-refractivity contribution >= 4 is 22.1 Å². The Morgan fingerprint density at radius 2 is 1.78 bits per heavy atom. The van der Waals surface area contributed by atoms with Crippen molar-refractivity contribution in [1.29, 1.82) is 0 Å². The van der Waals surface area contributed by atoms with Gasteiger partial charge >= 0.3 is 0 Å². The molecule has 1 fully saturated rings. The van der Waals surface area contributed by atoms with Crippen LogP contribution in [0.2, 0.25) is 0 Å². The number of fused-ring (bicyclic) bond motifs is 3. The minimum Gasteiger partial charge on any atom is -0.437 e. The summed E-state index contributed by atoms with van der Waals surface area (Å²) in [6.07, 6.45) is 9.40. The second-order valence-electron chi connectivity index (χ2n) is 9.11. The van der Waals surface area contributed by atoms with E-state index in [-0.39, 0.29) is 0 Å². The largest absolute Gasteiger partial charge is 0.437 e. The maximum atomic E-state index is 6.24. The third-order valence-electron chi connectivity index (χ3n) is 7.06. The fourth-order valence-corrected chi connectivity index (χ4v) is 5.36. The zero-order valence-corrected chi connectivity index (χ0v) is 18.6. The first-order chi connectivity index (χ1) is 15.7. The van der Waals surface area contributed by atoms with Crippen molar-refractivity contribution in [2.45, 2.75) is 38.5 Å². The van der Waals surface area contributed by atoms with Crippen LogP contribution in [0.3, 0.4) is 0 Å². The average molecular weight is 420 g/mol. The second kappa shape index (κ2) is 7.59. The molecule has 0 amide bonds. The lowest BCUT2D eigenvalue weighted by Gasteiger charge is -2.11. The molecule has 0 N–H and O–H groups in total. The van der Waals surface area contributed by atoms with Crippen LogP contribution in [-0.2, 0) is 7.05 Å². The van der Waals surface area contributed by atoms with E-state index >= 15 is 0 Å². The Morgan fingerprint density at radius 1 is 0.906 bits per heavy atom. The van der Waals surface area contributed by atoms with Gasteiger partial charge in [0, 0.05) is 28.6 Å². The van der Waals surface area contributed by atoms with E-state index in [9.17, 15) is 0 Å². The van der Waals surface area contributed by atoms with Gasteiger partial charge in [-0.15, -0.1) is 0 Å². The van der Waals surface area contributed by atoms with Crippen LogP contribution in [0.1, 0.15) is 42.7 Å². The SMILES string of the molecule is Cc1ccc2c(oc3ncccc32)c1-c1ccc(-c2cccc(C3CCCC3)c2)c[n+]1C. The van der Waals surface area contributed by atoms with Crippen molar-refractivity contribution < 1.29 is 8.98 Å². The van der Waals surface area contributed by atoms with Crippen molar-refractivity contribution in [3.8, 4) is 22.4 Å². The molecular weight excluding hydrogens is 392 g/mol. The maximum Gasteiger partial charge on any atom is 0.227 e. The standard InChI is InChI=1S/C29H27N2O/c1-19-12-14-24-25-11-6-16-30-29(25)32-28(24)27(19)26-15-13-23(18-31(26)2)22-10-5-9-21(17-22)20-7-3-4-8-20/h5-6,9-18,20H,3-4,7-8H2,1-2H3/q+1. The van der Waals surface area contributed by atoms with Gasteiger partial charge in [-0.25, -0.2) is 9.55 Å².